The Bertz CT molecular complexity index is 513. The molecule has 2 rings (SSSR count). The Morgan fingerprint density at radius 1 is 1.22 bits per heavy atom. The topological polar surface area (TPSA) is 25.2 Å². The van der Waals surface area contributed by atoms with E-state index in [0.717, 1.165) is 12.8 Å². The van der Waals surface area contributed by atoms with Crippen LogP contribution in [-0.2, 0) is 0 Å². The van der Waals surface area contributed by atoms with Gasteiger partial charge in [-0.2, -0.15) is 0 Å². The van der Waals surface area contributed by atoms with E-state index in [0.29, 0.717) is 0 Å². The first kappa shape index (κ1) is 12.9. The first-order valence-corrected chi connectivity index (χ1v) is 6.73. The molecule has 0 spiro atoms. The zero-order valence-electron chi connectivity index (χ0n) is 10.9. The van der Waals surface area contributed by atoms with E-state index < -0.39 is 0 Å². The predicted molar refractivity (Wildman–Crippen MR) is 77.4 cm³/mol. The number of fused-ring (bicyclic) bond motifs is 1. The van der Waals surface area contributed by atoms with Crippen LogP contribution >= 0.6 is 0 Å². The molecule has 0 saturated carbocycles. The highest BCUT2D eigenvalue weighted by Crippen LogP contribution is 2.15. The summed E-state index contributed by atoms with van der Waals surface area (Å²) in [6.45, 7) is 2.17. The van der Waals surface area contributed by atoms with E-state index in [1.165, 1.54) is 23.7 Å². The molecule has 0 aliphatic rings. The Labute approximate surface area is 109 Å². The molecule has 1 N–H and O–H groups in total. The molecule has 1 atom stereocenters. The maximum atomic E-state index is 9.85. The van der Waals surface area contributed by atoms with Crippen molar-refractivity contribution < 1.29 is 5.11 Å². The molecule has 0 amide bonds. The Kier molecular flexibility index (Phi) is 4.59. The fraction of sp³-hybridized carbons (Fsp3) is 0.375. The van der Waals surface area contributed by atoms with Gasteiger partial charge in [-0.3, -0.25) is 0 Å². The van der Waals surface area contributed by atoms with Gasteiger partial charge in [-0.1, -0.05) is 44.4 Å². The van der Waals surface area contributed by atoms with Gasteiger partial charge in [-0.05, 0) is 30.0 Å². The molecular weight excluding hydrogens is 222 g/mol. The zero-order valence-corrected chi connectivity index (χ0v) is 10.9. The van der Waals surface area contributed by atoms with E-state index in [1.54, 1.807) is 0 Å². The van der Waals surface area contributed by atoms with Crippen LogP contribution in [0.15, 0.2) is 42.6 Å². The maximum Gasteiger partial charge on any atom is 0.0738 e. The lowest BCUT2D eigenvalue weighted by atomic mass is 10.1. The van der Waals surface area contributed by atoms with Crippen molar-refractivity contribution in [1.29, 1.82) is 0 Å². The van der Waals surface area contributed by atoms with Gasteiger partial charge < -0.3 is 9.67 Å². The van der Waals surface area contributed by atoms with Gasteiger partial charge >= 0.3 is 0 Å². The van der Waals surface area contributed by atoms with E-state index in [-0.39, 0.29) is 6.10 Å². The third-order valence-corrected chi connectivity index (χ3v) is 3.20. The van der Waals surface area contributed by atoms with Gasteiger partial charge in [0.2, 0.25) is 0 Å². The van der Waals surface area contributed by atoms with Crippen LogP contribution in [0.3, 0.4) is 0 Å². The summed E-state index contributed by atoms with van der Waals surface area (Å²) in [6, 6.07) is 10.3. The fourth-order valence-electron chi connectivity index (χ4n) is 2.13. The maximum absolute atomic E-state index is 9.85. The average Bonchev–Trinajstić information content (AvgIpc) is 2.80. The number of aliphatic hydroxyl groups excluding tert-OH is 1. The summed E-state index contributed by atoms with van der Waals surface area (Å²) in [7, 11) is 0. The summed E-state index contributed by atoms with van der Waals surface area (Å²) in [5.74, 6) is 0. The normalized spacial score (nSPS) is 13.4. The zero-order chi connectivity index (χ0) is 12.8. The van der Waals surface area contributed by atoms with Crippen molar-refractivity contribution in [3.05, 3.63) is 42.6 Å². The number of aromatic nitrogens is 1. The van der Waals surface area contributed by atoms with Gasteiger partial charge in [0.15, 0.2) is 0 Å². The number of aliphatic hydroxyl groups is 1. The molecule has 1 aromatic heterocycles. The smallest absolute Gasteiger partial charge is 0.0738 e. The van der Waals surface area contributed by atoms with Gasteiger partial charge in [0.25, 0.3) is 0 Å². The first-order chi connectivity index (χ1) is 8.81. The number of rotatable bonds is 6. The Balaban J connectivity index is 2.00. The number of benzene rings is 1. The van der Waals surface area contributed by atoms with E-state index >= 15 is 0 Å². The second-order valence-corrected chi connectivity index (χ2v) is 4.69. The third-order valence-electron chi connectivity index (χ3n) is 3.20. The summed E-state index contributed by atoms with van der Waals surface area (Å²) < 4.78 is 2.05. The molecule has 0 aliphatic carbocycles. The van der Waals surface area contributed by atoms with Crippen molar-refractivity contribution in [2.75, 3.05) is 0 Å². The molecule has 0 bridgehead atoms. The predicted octanol–water partition coefficient (Wildman–Crippen LogP) is 4.05. The Morgan fingerprint density at radius 3 is 2.89 bits per heavy atom. The minimum Gasteiger partial charge on any atom is -0.389 e. The van der Waals surface area contributed by atoms with Crippen molar-refractivity contribution >= 4 is 17.1 Å². The van der Waals surface area contributed by atoms with Gasteiger partial charge in [0.05, 0.1) is 11.6 Å². The third kappa shape index (κ3) is 3.23. The molecule has 0 aliphatic heterocycles. The van der Waals surface area contributed by atoms with Crippen molar-refractivity contribution in [2.45, 2.75) is 38.7 Å². The minimum atomic E-state index is -0.335. The van der Waals surface area contributed by atoms with Crippen LogP contribution < -0.4 is 0 Å². The van der Waals surface area contributed by atoms with Crippen LogP contribution in [0.2, 0.25) is 0 Å². The lowest BCUT2D eigenvalue weighted by Gasteiger charge is -2.05. The summed E-state index contributed by atoms with van der Waals surface area (Å²) in [5, 5.41) is 11.1. The molecule has 2 nitrogen and oxygen atoms in total. The number of hydrogen-bond acceptors (Lipinski definition) is 1. The van der Waals surface area contributed by atoms with Gasteiger partial charge in [0, 0.05) is 12.4 Å². The number of para-hydroxylation sites is 1. The van der Waals surface area contributed by atoms with Crippen LogP contribution in [0.5, 0.6) is 0 Å². The summed E-state index contributed by atoms with van der Waals surface area (Å²) in [5.41, 5.74) is 1.18. The summed E-state index contributed by atoms with van der Waals surface area (Å²) in [6.07, 6.45) is 9.85. The molecule has 2 heteroatoms. The highest BCUT2D eigenvalue weighted by molar-refractivity contribution is 5.81. The highest BCUT2D eigenvalue weighted by Gasteiger charge is 2.00. The highest BCUT2D eigenvalue weighted by atomic mass is 16.3. The standard InChI is InChI=1S/C16H21NO/c1-2-3-4-8-15(18)11-13-17-12-10-14-7-5-6-9-16(14)17/h5-7,9-13,15,18H,2-4,8H2,1H3. The minimum absolute atomic E-state index is 0.335. The van der Waals surface area contributed by atoms with Gasteiger partial charge in [-0.15, -0.1) is 0 Å². The van der Waals surface area contributed by atoms with Crippen LogP contribution in [0.25, 0.3) is 17.1 Å². The van der Waals surface area contributed by atoms with Gasteiger partial charge in [-0.25, -0.2) is 0 Å². The molecule has 1 unspecified atom stereocenters. The molecular formula is C16H21NO. The van der Waals surface area contributed by atoms with Crippen molar-refractivity contribution in [3.63, 3.8) is 0 Å². The Hall–Kier alpha value is -1.54. The van der Waals surface area contributed by atoms with E-state index in [4.69, 9.17) is 0 Å². The molecule has 18 heavy (non-hydrogen) atoms. The van der Waals surface area contributed by atoms with Crippen LogP contribution in [0, 0.1) is 0 Å². The van der Waals surface area contributed by atoms with Crippen LogP contribution in [-0.4, -0.2) is 15.8 Å². The van der Waals surface area contributed by atoms with Crippen molar-refractivity contribution in [3.8, 4) is 0 Å². The lowest BCUT2D eigenvalue weighted by molar-refractivity contribution is 0.209. The number of nitrogens with zero attached hydrogens (tertiary/aromatic N) is 1. The molecule has 0 fully saturated rings. The summed E-state index contributed by atoms with van der Waals surface area (Å²) >= 11 is 0. The van der Waals surface area contributed by atoms with E-state index in [2.05, 4.69) is 29.7 Å². The van der Waals surface area contributed by atoms with Crippen LogP contribution in [0.4, 0.5) is 0 Å². The second kappa shape index (κ2) is 6.41. The number of hydrogen-bond donors (Lipinski definition) is 1. The first-order valence-electron chi connectivity index (χ1n) is 6.73. The molecule has 96 valence electrons. The molecule has 1 heterocycles. The van der Waals surface area contributed by atoms with Crippen molar-refractivity contribution in [2.24, 2.45) is 0 Å². The molecule has 1 aromatic carbocycles. The number of unbranched alkanes of at least 4 members (excludes halogenated alkanes) is 2. The van der Waals surface area contributed by atoms with E-state index in [9.17, 15) is 5.11 Å². The molecule has 0 radical (unpaired) electrons. The van der Waals surface area contributed by atoms with Gasteiger partial charge in [0.1, 0.15) is 0 Å². The fourth-order valence-corrected chi connectivity index (χ4v) is 2.13. The van der Waals surface area contributed by atoms with Crippen molar-refractivity contribution in [1.82, 2.24) is 4.57 Å². The lowest BCUT2D eigenvalue weighted by Crippen LogP contribution is -2.01. The monoisotopic (exact) mass is 243 g/mol. The SMILES string of the molecule is CCCCCC(O)C=Cn1ccc2ccccc21. The quantitative estimate of drug-likeness (QED) is 0.761. The second-order valence-electron chi connectivity index (χ2n) is 4.69. The average molecular weight is 243 g/mol. The van der Waals surface area contributed by atoms with Crippen LogP contribution in [0.1, 0.15) is 32.6 Å². The molecule has 0 saturated heterocycles. The molecule has 2 aromatic rings. The largest absolute Gasteiger partial charge is 0.389 e. The van der Waals surface area contributed by atoms with E-state index in [1.807, 2.05) is 30.6 Å². The Morgan fingerprint density at radius 2 is 2.06 bits per heavy atom. The summed E-state index contributed by atoms with van der Waals surface area (Å²) in [4.78, 5) is 0.